The number of carbonyl (C=O) groups is 1. The number of rotatable bonds is 7. The molecular formula is C41H61FN8O3. The molecule has 12 heteroatoms. The summed E-state index contributed by atoms with van der Waals surface area (Å²) >= 11 is 0. The Labute approximate surface area is 315 Å². The van der Waals surface area contributed by atoms with Crippen molar-refractivity contribution in [2.24, 2.45) is 5.92 Å². The van der Waals surface area contributed by atoms with Crippen molar-refractivity contribution in [2.45, 2.75) is 104 Å². The zero-order valence-electron chi connectivity index (χ0n) is 33.1. The number of nitrogens with zero attached hydrogens (tertiary/aromatic N) is 7. The van der Waals surface area contributed by atoms with Gasteiger partial charge in [0.2, 0.25) is 0 Å². The Morgan fingerprint density at radius 2 is 1.68 bits per heavy atom. The Morgan fingerprint density at radius 1 is 0.962 bits per heavy atom. The SMILES string of the molecule is C1CC1.CC.CC.COCC=O.Cc1cc(-c2ncc3c(N4CCC5CCN(C)C5C4)nc(OCC45CCCN4CCC5)nc3c2F)c2cn[nH]c2c1. The second kappa shape index (κ2) is 19.0. The molecule has 1 aromatic carbocycles. The summed E-state index contributed by atoms with van der Waals surface area (Å²) in [6.07, 6.45) is 15.7. The van der Waals surface area contributed by atoms with Gasteiger partial charge in [0.05, 0.1) is 22.6 Å². The van der Waals surface area contributed by atoms with Crippen molar-refractivity contribution in [3.63, 3.8) is 0 Å². The van der Waals surface area contributed by atoms with Gasteiger partial charge in [-0.1, -0.05) is 47.0 Å². The fraction of sp³-hybridized carbons (Fsp3) is 0.634. The maximum atomic E-state index is 16.6. The molecule has 290 valence electrons. The quantitative estimate of drug-likeness (QED) is 0.191. The Balaban J connectivity index is 0.000000397. The summed E-state index contributed by atoms with van der Waals surface area (Å²) in [6.45, 7) is 15.9. The van der Waals surface area contributed by atoms with E-state index < -0.39 is 5.82 Å². The van der Waals surface area contributed by atoms with Gasteiger partial charge in [-0.2, -0.15) is 15.1 Å². The molecule has 2 unspecified atom stereocenters. The van der Waals surface area contributed by atoms with Crippen LogP contribution in [0.2, 0.25) is 0 Å². The number of piperidine rings is 1. The average molecular weight is 733 g/mol. The number of hydrogen-bond donors (Lipinski definition) is 1. The van der Waals surface area contributed by atoms with Gasteiger partial charge in [0.25, 0.3) is 0 Å². The fourth-order valence-electron chi connectivity index (χ4n) is 8.18. The molecule has 1 saturated carbocycles. The maximum Gasteiger partial charge on any atom is 0.319 e. The molecule has 2 atom stereocenters. The molecule has 53 heavy (non-hydrogen) atoms. The Morgan fingerprint density at radius 3 is 2.34 bits per heavy atom. The molecule has 4 aliphatic heterocycles. The predicted molar refractivity (Wildman–Crippen MR) is 211 cm³/mol. The van der Waals surface area contributed by atoms with Crippen LogP contribution in [0.15, 0.2) is 24.5 Å². The Hall–Kier alpha value is -3.74. The van der Waals surface area contributed by atoms with Gasteiger partial charge in [0.1, 0.15) is 36.5 Å². The Kier molecular flexibility index (Phi) is 14.5. The number of benzene rings is 1. The van der Waals surface area contributed by atoms with Crippen molar-refractivity contribution < 1.29 is 18.7 Å². The molecule has 0 radical (unpaired) electrons. The van der Waals surface area contributed by atoms with E-state index in [1.807, 2.05) is 46.8 Å². The summed E-state index contributed by atoms with van der Waals surface area (Å²) in [6, 6.07) is 4.70. The number of aromatic nitrogens is 5. The van der Waals surface area contributed by atoms with Gasteiger partial charge in [-0.15, -0.1) is 0 Å². The lowest BCUT2D eigenvalue weighted by Gasteiger charge is -2.38. The number of H-pyrrole nitrogens is 1. The molecular weight excluding hydrogens is 672 g/mol. The highest BCUT2D eigenvalue weighted by Gasteiger charge is 2.45. The highest BCUT2D eigenvalue weighted by Crippen LogP contribution is 2.41. The van der Waals surface area contributed by atoms with Gasteiger partial charge in [-0.3, -0.25) is 15.0 Å². The van der Waals surface area contributed by atoms with Crippen molar-refractivity contribution in [1.29, 1.82) is 0 Å². The lowest BCUT2D eigenvalue weighted by atomic mass is 9.92. The van der Waals surface area contributed by atoms with E-state index in [9.17, 15) is 4.79 Å². The van der Waals surface area contributed by atoms with Crippen LogP contribution in [0.4, 0.5) is 10.2 Å². The number of aromatic amines is 1. The number of likely N-dealkylation sites (N-methyl/N-ethyl adjacent to an activating group) is 1. The summed E-state index contributed by atoms with van der Waals surface area (Å²) in [5.74, 6) is 0.986. The molecule has 5 fully saturated rings. The minimum absolute atomic E-state index is 0.0553. The van der Waals surface area contributed by atoms with E-state index in [1.165, 1.54) is 45.6 Å². The first kappa shape index (κ1) is 40.4. The van der Waals surface area contributed by atoms with Crippen LogP contribution in [0.1, 0.15) is 91.0 Å². The minimum Gasteiger partial charge on any atom is -0.461 e. The van der Waals surface area contributed by atoms with E-state index >= 15 is 4.39 Å². The van der Waals surface area contributed by atoms with Gasteiger partial charge in [0.15, 0.2) is 5.82 Å². The van der Waals surface area contributed by atoms with Gasteiger partial charge in [-0.25, -0.2) is 4.39 Å². The summed E-state index contributed by atoms with van der Waals surface area (Å²) in [5.41, 5.74) is 3.16. The molecule has 5 aliphatic rings. The van der Waals surface area contributed by atoms with Crippen molar-refractivity contribution in [3.05, 3.63) is 35.9 Å². The van der Waals surface area contributed by atoms with Crippen LogP contribution >= 0.6 is 0 Å². The molecule has 4 aromatic rings. The van der Waals surface area contributed by atoms with Gasteiger partial charge in [-0.05, 0) is 95.7 Å². The number of ether oxygens (including phenoxy) is 2. The molecule has 7 heterocycles. The number of nitrogens with one attached hydrogen (secondary N) is 1. The van der Waals surface area contributed by atoms with E-state index in [1.54, 1.807) is 12.4 Å². The second-order valence-electron chi connectivity index (χ2n) is 14.4. The number of methoxy groups -OCH3 is 1. The summed E-state index contributed by atoms with van der Waals surface area (Å²) in [5, 5.41) is 8.67. The van der Waals surface area contributed by atoms with Gasteiger partial charge < -0.3 is 24.1 Å². The van der Waals surface area contributed by atoms with E-state index in [0.717, 1.165) is 74.3 Å². The zero-order valence-corrected chi connectivity index (χ0v) is 33.1. The van der Waals surface area contributed by atoms with Gasteiger partial charge >= 0.3 is 6.01 Å². The van der Waals surface area contributed by atoms with Crippen LogP contribution in [-0.4, -0.2) is 113 Å². The van der Waals surface area contributed by atoms with Crippen LogP contribution in [-0.2, 0) is 9.53 Å². The number of halogens is 1. The molecule has 4 saturated heterocycles. The van der Waals surface area contributed by atoms with Crippen LogP contribution in [0.25, 0.3) is 33.1 Å². The number of carbonyl (C=O) groups excluding carboxylic acids is 1. The van der Waals surface area contributed by atoms with E-state index in [4.69, 9.17) is 14.7 Å². The molecule has 0 spiro atoms. The van der Waals surface area contributed by atoms with Crippen molar-refractivity contribution in [2.75, 3.05) is 65.0 Å². The average Bonchev–Trinajstić information content (AvgIpc) is 3.57. The number of fused-ring (bicyclic) bond motifs is 4. The Bertz CT molecular complexity index is 1770. The standard InChI is InChI=1S/C31H37FN8O.C3H6O2.C3H6.2C2H6/c1-19-13-21(22-16-34-37-24(22)14-19)27-26(32)28-23(15-33-27)29(39-12-6-20-5-11-38(2)25(20)17-39)36-30(35-28)41-18-31-7-3-9-40(31)10-4-8-31;1-5-3-2-4;1-2-3-1;2*1-2/h13-16,20,25H,3-12,17-18H2,1-2H3,(H,34,37);2H,3H2,1H3;1-3H2;2*1-2H3. The third-order valence-electron chi connectivity index (χ3n) is 10.9. The normalized spacial score (nSPS) is 21.2. The summed E-state index contributed by atoms with van der Waals surface area (Å²) in [7, 11) is 3.69. The molecule has 1 aliphatic carbocycles. The first-order valence-corrected chi connectivity index (χ1v) is 20.0. The highest BCUT2D eigenvalue weighted by molar-refractivity contribution is 5.98. The molecule has 11 nitrogen and oxygen atoms in total. The molecule has 0 amide bonds. The third-order valence-corrected chi connectivity index (χ3v) is 10.9. The maximum absolute atomic E-state index is 16.6. The zero-order chi connectivity index (χ0) is 38.0. The van der Waals surface area contributed by atoms with Crippen molar-refractivity contribution in [3.8, 4) is 17.3 Å². The van der Waals surface area contributed by atoms with Crippen molar-refractivity contribution >= 4 is 33.9 Å². The van der Waals surface area contributed by atoms with Crippen molar-refractivity contribution in [1.82, 2.24) is 34.9 Å². The number of anilines is 1. The van der Waals surface area contributed by atoms with Gasteiger partial charge in [0, 0.05) is 43.4 Å². The monoisotopic (exact) mass is 732 g/mol. The fourth-order valence-corrected chi connectivity index (χ4v) is 8.18. The minimum atomic E-state index is -0.446. The third kappa shape index (κ3) is 9.15. The number of hydrogen-bond acceptors (Lipinski definition) is 10. The lowest BCUT2D eigenvalue weighted by molar-refractivity contribution is -0.110. The highest BCUT2D eigenvalue weighted by atomic mass is 19.1. The first-order valence-electron chi connectivity index (χ1n) is 20.0. The molecule has 0 bridgehead atoms. The number of aryl methyl sites for hydroxylation is 1. The van der Waals surface area contributed by atoms with E-state index in [0.29, 0.717) is 35.8 Å². The molecule has 3 aromatic heterocycles. The predicted octanol–water partition coefficient (Wildman–Crippen LogP) is 7.61. The van der Waals surface area contributed by atoms with E-state index in [2.05, 4.69) is 41.7 Å². The molecule has 1 N–H and O–H groups in total. The lowest BCUT2D eigenvalue weighted by Crippen LogP contribution is -2.47. The number of aldehydes is 1. The topological polar surface area (TPSA) is 113 Å². The van der Waals surface area contributed by atoms with E-state index in [-0.39, 0.29) is 29.4 Å². The number of likely N-dealkylation sites (tertiary alicyclic amines) is 1. The van der Waals surface area contributed by atoms with Crippen LogP contribution in [0.3, 0.4) is 0 Å². The van der Waals surface area contributed by atoms with Crippen LogP contribution in [0, 0.1) is 18.7 Å². The number of pyridine rings is 1. The van der Waals surface area contributed by atoms with Crippen LogP contribution < -0.4 is 9.64 Å². The summed E-state index contributed by atoms with van der Waals surface area (Å²) in [4.78, 5) is 31.0. The largest absolute Gasteiger partial charge is 0.461 e. The van der Waals surface area contributed by atoms with Crippen LogP contribution in [0.5, 0.6) is 6.01 Å². The smallest absolute Gasteiger partial charge is 0.319 e. The molecule has 9 rings (SSSR count). The second-order valence-corrected chi connectivity index (χ2v) is 14.4. The first-order chi connectivity index (χ1) is 25.9. The summed E-state index contributed by atoms with van der Waals surface area (Å²) < 4.78 is 27.3.